The summed E-state index contributed by atoms with van der Waals surface area (Å²) in [5, 5.41) is 9.02. The van der Waals surface area contributed by atoms with Crippen LogP contribution in [0, 0.1) is 0 Å². The highest BCUT2D eigenvalue weighted by atomic mass is 79.9. The maximum Gasteiger partial charge on any atom is 0.311 e. The minimum atomic E-state index is -0.376. The fourth-order valence-electron chi connectivity index (χ4n) is 2.01. The molecule has 1 aromatic carbocycles. The number of rotatable bonds is 5. The number of methoxy groups -OCH3 is 1. The molecule has 0 saturated heterocycles. The molecule has 2 heterocycles. The van der Waals surface area contributed by atoms with Crippen molar-refractivity contribution in [2.24, 2.45) is 0 Å². The number of hydrogen-bond acceptors (Lipinski definition) is 6. The predicted molar refractivity (Wildman–Crippen MR) is 97.1 cm³/mol. The van der Waals surface area contributed by atoms with Crippen molar-refractivity contribution in [3.63, 3.8) is 0 Å². The molecule has 7 nitrogen and oxygen atoms in total. The first kappa shape index (κ1) is 17.3. The highest BCUT2D eigenvalue weighted by molar-refractivity contribution is 9.10. The van der Waals surface area contributed by atoms with Gasteiger partial charge in [-0.2, -0.15) is 5.10 Å². The number of aromatic nitrogens is 3. The Morgan fingerprint density at radius 1 is 1.32 bits per heavy atom. The Hall–Kier alpha value is -2.52. The molecule has 1 N–H and O–H groups in total. The molecule has 0 bridgehead atoms. The van der Waals surface area contributed by atoms with Crippen LogP contribution >= 0.6 is 27.3 Å². The maximum atomic E-state index is 12.3. The zero-order valence-corrected chi connectivity index (χ0v) is 15.5. The standard InChI is InChI=1S/C16H13BrN4O3S/c1-24-14(22)6-12-9-25-16(19-12)20-15(23)10-7-18-21(8-10)13-4-2-11(17)3-5-13/h2-5,7-9H,6H2,1H3,(H,19,20,23). The zero-order chi connectivity index (χ0) is 17.8. The normalized spacial score (nSPS) is 10.5. The number of carbonyl (C=O) groups is 2. The van der Waals surface area contributed by atoms with Gasteiger partial charge in [-0.25, -0.2) is 9.67 Å². The van der Waals surface area contributed by atoms with E-state index in [0.29, 0.717) is 16.4 Å². The Bertz CT molecular complexity index is 904. The fourth-order valence-corrected chi connectivity index (χ4v) is 2.98. The van der Waals surface area contributed by atoms with Crippen LogP contribution in [0.25, 0.3) is 5.69 Å². The van der Waals surface area contributed by atoms with Crippen LogP contribution in [0.1, 0.15) is 16.1 Å². The van der Waals surface area contributed by atoms with Gasteiger partial charge in [0.25, 0.3) is 5.91 Å². The molecule has 0 fully saturated rings. The first-order chi connectivity index (χ1) is 12.0. The van der Waals surface area contributed by atoms with E-state index < -0.39 is 0 Å². The molecule has 9 heteroatoms. The molecule has 0 saturated carbocycles. The number of nitrogens with one attached hydrogen (secondary N) is 1. The molecule has 25 heavy (non-hydrogen) atoms. The number of amides is 1. The van der Waals surface area contributed by atoms with Crippen molar-refractivity contribution < 1.29 is 14.3 Å². The summed E-state index contributed by atoms with van der Waals surface area (Å²) < 4.78 is 7.17. The smallest absolute Gasteiger partial charge is 0.311 e. The minimum absolute atomic E-state index is 0.0738. The summed E-state index contributed by atoms with van der Waals surface area (Å²) >= 11 is 4.62. The van der Waals surface area contributed by atoms with E-state index in [9.17, 15) is 9.59 Å². The van der Waals surface area contributed by atoms with E-state index in [-0.39, 0.29) is 18.3 Å². The molecule has 0 atom stereocenters. The van der Waals surface area contributed by atoms with Gasteiger partial charge in [-0.15, -0.1) is 11.3 Å². The summed E-state index contributed by atoms with van der Waals surface area (Å²) in [6.45, 7) is 0. The van der Waals surface area contributed by atoms with Gasteiger partial charge < -0.3 is 4.74 Å². The number of thiazole rings is 1. The second-order valence-corrected chi connectivity index (χ2v) is 6.77. The molecule has 128 valence electrons. The topological polar surface area (TPSA) is 86.1 Å². The number of benzene rings is 1. The van der Waals surface area contributed by atoms with Crippen molar-refractivity contribution in [3.05, 3.63) is 57.8 Å². The molecule has 0 aliphatic carbocycles. The lowest BCUT2D eigenvalue weighted by atomic mass is 10.3. The molecule has 0 aliphatic rings. The van der Waals surface area contributed by atoms with E-state index in [0.717, 1.165) is 10.2 Å². The number of nitrogens with zero attached hydrogens (tertiary/aromatic N) is 3. The number of hydrogen-bond donors (Lipinski definition) is 1. The average Bonchev–Trinajstić information content (AvgIpc) is 3.25. The second-order valence-electron chi connectivity index (χ2n) is 5.00. The SMILES string of the molecule is COC(=O)Cc1csc(NC(=O)c2cnn(-c3ccc(Br)cc3)c2)n1. The third-order valence-electron chi connectivity index (χ3n) is 3.26. The maximum absolute atomic E-state index is 12.3. The summed E-state index contributed by atoms with van der Waals surface area (Å²) in [5.74, 6) is -0.693. The van der Waals surface area contributed by atoms with Gasteiger partial charge in [-0.05, 0) is 24.3 Å². The lowest BCUT2D eigenvalue weighted by molar-refractivity contribution is -0.139. The van der Waals surface area contributed by atoms with Crippen LogP contribution in [0.4, 0.5) is 5.13 Å². The molecule has 2 aromatic heterocycles. The van der Waals surface area contributed by atoms with Crippen LogP contribution < -0.4 is 5.32 Å². The van der Waals surface area contributed by atoms with Crippen molar-refractivity contribution in [1.29, 1.82) is 0 Å². The van der Waals surface area contributed by atoms with Crippen LogP contribution in [0.5, 0.6) is 0 Å². The molecule has 0 radical (unpaired) electrons. The first-order valence-electron chi connectivity index (χ1n) is 7.18. The van der Waals surface area contributed by atoms with E-state index in [1.165, 1.54) is 24.6 Å². The summed E-state index contributed by atoms with van der Waals surface area (Å²) in [6.07, 6.45) is 3.20. The van der Waals surface area contributed by atoms with E-state index in [4.69, 9.17) is 0 Å². The molecular weight excluding hydrogens is 408 g/mol. The summed E-state index contributed by atoms with van der Waals surface area (Å²) in [7, 11) is 1.32. The van der Waals surface area contributed by atoms with Gasteiger partial charge in [-0.1, -0.05) is 15.9 Å². The van der Waals surface area contributed by atoms with Crippen LogP contribution in [-0.4, -0.2) is 33.8 Å². The molecule has 3 aromatic rings. The lowest BCUT2D eigenvalue weighted by Crippen LogP contribution is -2.11. The number of halogens is 1. The zero-order valence-electron chi connectivity index (χ0n) is 13.1. The molecule has 1 amide bonds. The van der Waals surface area contributed by atoms with Crippen molar-refractivity contribution >= 4 is 44.3 Å². The number of carbonyl (C=O) groups excluding carboxylic acids is 2. The van der Waals surface area contributed by atoms with Gasteiger partial charge in [0.15, 0.2) is 5.13 Å². The molecule has 0 aliphatic heterocycles. The quantitative estimate of drug-likeness (QED) is 0.640. The van der Waals surface area contributed by atoms with E-state index in [1.54, 1.807) is 16.3 Å². The van der Waals surface area contributed by atoms with Gasteiger partial charge in [0, 0.05) is 16.0 Å². The van der Waals surface area contributed by atoms with Crippen molar-refractivity contribution in [2.75, 3.05) is 12.4 Å². The Morgan fingerprint density at radius 2 is 2.08 bits per heavy atom. The Kier molecular flexibility index (Phi) is 5.25. The first-order valence-corrected chi connectivity index (χ1v) is 8.85. The van der Waals surface area contributed by atoms with Crippen molar-refractivity contribution in [3.8, 4) is 5.69 Å². The van der Waals surface area contributed by atoms with Gasteiger partial charge in [0.05, 0.1) is 36.7 Å². The van der Waals surface area contributed by atoms with Crippen molar-refractivity contribution in [2.45, 2.75) is 6.42 Å². The Labute approximate surface area is 155 Å². The average molecular weight is 421 g/mol. The molecular formula is C16H13BrN4O3S. The van der Waals surface area contributed by atoms with Gasteiger partial charge >= 0.3 is 5.97 Å². The largest absolute Gasteiger partial charge is 0.469 e. The second kappa shape index (κ2) is 7.58. The summed E-state index contributed by atoms with van der Waals surface area (Å²) in [6, 6.07) is 7.57. The minimum Gasteiger partial charge on any atom is -0.469 e. The van der Waals surface area contributed by atoms with Crippen molar-refractivity contribution in [1.82, 2.24) is 14.8 Å². The molecule has 3 rings (SSSR count). The van der Waals surface area contributed by atoms with E-state index in [1.807, 2.05) is 24.3 Å². The summed E-state index contributed by atoms with van der Waals surface area (Å²) in [4.78, 5) is 27.7. The number of anilines is 1. The highest BCUT2D eigenvalue weighted by Gasteiger charge is 2.13. The van der Waals surface area contributed by atoms with Crippen LogP contribution in [0.15, 0.2) is 46.5 Å². The predicted octanol–water partition coefficient (Wildman–Crippen LogP) is 3.06. The Balaban J connectivity index is 1.68. The van der Waals surface area contributed by atoms with Gasteiger partial charge in [-0.3, -0.25) is 14.9 Å². The molecule has 0 spiro atoms. The monoisotopic (exact) mass is 420 g/mol. The van der Waals surface area contributed by atoms with Gasteiger partial charge in [0.1, 0.15) is 0 Å². The highest BCUT2D eigenvalue weighted by Crippen LogP contribution is 2.18. The Morgan fingerprint density at radius 3 is 2.80 bits per heavy atom. The third-order valence-corrected chi connectivity index (χ3v) is 4.60. The number of ether oxygens (including phenoxy) is 1. The third kappa shape index (κ3) is 4.31. The fraction of sp³-hybridized carbons (Fsp3) is 0.125. The van der Waals surface area contributed by atoms with Crippen LogP contribution in [0.2, 0.25) is 0 Å². The number of esters is 1. The van der Waals surface area contributed by atoms with E-state index in [2.05, 4.69) is 36.1 Å². The molecule has 0 unspecified atom stereocenters. The van der Waals surface area contributed by atoms with Crippen LogP contribution in [0.3, 0.4) is 0 Å². The van der Waals surface area contributed by atoms with E-state index >= 15 is 0 Å². The summed E-state index contributed by atoms with van der Waals surface area (Å²) in [5.41, 5.74) is 1.81. The van der Waals surface area contributed by atoms with Crippen LogP contribution in [-0.2, 0) is 16.0 Å². The lowest BCUT2D eigenvalue weighted by Gasteiger charge is -2.01. The van der Waals surface area contributed by atoms with Gasteiger partial charge in [0.2, 0.25) is 0 Å².